The maximum Gasteiger partial charge on any atom is 0.339 e. The van der Waals surface area contributed by atoms with Crippen molar-refractivity contribution < 1.29 is 23.4 Å². The lowest BCUT2D eigenvalue weighted by atomic mass is 9.72. The molecule has 1 fully saturated rings. The fourth-order valence-corrected chi connectivity index (χ4v) is 5.87. The van der Waals surface area contributed by atoms with Crippen LogP contribution in [0.1, 0.15) is 49.0 Å². The summed E-state index contributed by atoms with van der Waals surface area (Å²) in [5.41, 5.74) is 5.01. The summed E-state index contributed by atoms with van der Waals surface area (Å²) in [5, 5.41) is 9.99. The maximum atomic E-state index is 14.0. The fourth-order valence-electron chi connectivity index (χ4n) is 5.59. The summed E-state index contributed by atoms with van der Waals surface area (Å²) in [4.78, 5) is 16.5. The summed E-state index contributed by atoms with van der Waals surface area (Å²) in [6.07, 6.45) is 3.24. The van der Waals surface area contributed by atoms with Crippen LogP contribution in [0.15, 0.2) is 60.2 Å². The highest BCUT2D eigenvalue weighted by molar-refractivity contribution is 6.32. The third kappa shape index (κ3) is 6.85. The van der Waals surface area contributed by atoms with Gasteiger partial charge in [0.1, 0.15) is 28.0 Å². The van der Waals surface area contributed by atoms with Crippen LogP contribution in [0.3, 0.4) is 0 Å². The summed E-state index contributed by atoms with van der Waals surface area (Å²) in [5.74, 6) is -3.39. The molecule has 1 aliphatic carbocycles. The molecule has 1 aliphatic heterocycles. The number of ether oxygens (including phenoxy) is 1. The minimum Gasteiger partial charge on any atom is -0.478 e. The van der Waals surface area contributed by atoms with Crippen molar-refractivity contribution in [3.8, 4) is 11.5 Å². The number of hydrogen-bond acceptors (Lipinski definition) is 4. The van der Waals surface area contributed by atoms with E-state index in [1.807, 2.05) is 12.1 Å². The van der Waals surface area contributed by atoms with Gasteiger partial charge in [0.05, 0.1) is 0 Å². The summed E-state index contributed by atoms with van der Waals surface area (Å²) < 4.78 is 33.4. The highest BCUT2D eigenvalue weighted by atomic mass is 35.5. The lowest BCUT2D eigenvalue weighted by Gasteiger charge is -2.39. The van der Waals surface area contributed by atoms with Crippen molar-refractivity contribution in [3.05, 3.63) is 93.0 Å². The predicted molar refractivity (Wildman–Crippen MR) is 160 cm³/mol. The van der Waals surface area contributed by atoms with Crippen molar-refractivity contribution >= 4 is 40.4 Å². The zero-order valence-electron chi connectivity index (χ0n) is 23.0. The molecule has 0 spiro atoms. The first-order valence-electron chi connectivity index (χ1n) is 13.6. The number of nitrogens with zero attached hydrogens (tertiary/aromatic N) is 2. The zero-order chi connectivity index (χ0) is 29.3. The summed E-state index contributed by atoms with van der Waals surface area (Å²) in [6.45, 7) is 8.68. The Morgan fingerprint density at radius 2 is 1.68 bits per heavy atom. The second-order valence-corrected chi connectivity index (χ2v) is 12.3. The van der Waals surface area contributed by atoms with Crippen molar-refractivity contribution in [1.29, 1.82) is 0 Å². The van der Waals surface area contributed by atoms with E-state index in [2.05, 4.69) is 35.8 Å². The minimum absolute atomic E-state index is 0.0353. The van der Waals surface area contributed by atoms with Crippen molar-refractivity contribution in [2.24, 2.45) is 5.41 Å². The maximum absolute atomic E-state index is 14.0. The van der Waals surface area contributed by atoms with Gasteiger partial charge in [-0.25, -0.2) is 13.6 Å². The van der Waals surface area contributed by atoms with Crippen molar-refractivity contribution in [3.63, 3.8) is 0 Å². The first kappa shape index (κ1) is 29.4. The molecule has 0 aromatic heterocycles. The number of carboxylic acid groups (broad SMARTS) is 1. The van der Waals surface area contributed by atoms with Crippen molar-refractivity contribution in [2.75, 3.05) is 37.6 Å². The molecule has 1 saturated heterocycles. The Bertz CT molecular complexity index is 1480. The lowest BCUT2D eigenvalue weighted by Crippen LogP contribution is -2.47. The second-order valence-electron chi connectivity index (χ2n) is 11.5. The molecule has 216 valence electrons. The molecule has 9 heteroatoms. The number of allylic oxidation sites excluding steroid dienone is 1. The molecule has 0 unspecified atom stereocenters. The Hall–Kier alpha value is -3.13. The van der Waals surface area contributed by atoms with E-state index < -0.39 is 22.6 Å². The Balaban J connectivity index is 1.32. The number of piperazine rings is 1. The SMILES string of the molecule is CC1(C)CCC(CN2CCN(c3ccc(C(=O)O)c(Oc4cc(F)cc(F)c4Cl)c3)CC2)=C(c2ccc(Cl)cc2)C1. The van der Waals surface area contributed by atoms with E-state index in [9.17, 15) is 18.7 Å². The van der Waals surface area contributed by atoms with Gasteiger partial charge in [0, 0.05) is 61.6 Å². The molecular weight excluding hydrogens is 569 g/mol. The highest BCUT2D eigenvalue weighted by Gasteiger charge is 2.29. The number of halogens is 4. The minimum atomic E-state index is -1.22. The van der Waals surface area contributed by atoms with Gasteiger partial charge in [-0.15, -0.1) is 0 Å². The van der Waals surface area contributed by atoms with Gasteiger partial charge >= 0.3 is 5.97 Å². The van der Waals surface area contributed by atoms with Crippen LogP contribution in [-0.2, 0) is 0 Å². The molecule has 1 N–H and O–H groups in total. The van der Waals surface area contributed by atoms with Crippen LogP contribution < -0.4 is 9.64 Å². The number of anilines is 1. The van der Waals surface area contributed by atoms with Gasteiger partial charge < -0.3 is 14.7 Å². The van der Waals surface area contributed by atoms with Gasteiger partial charge in [0.15, 0.2) is 5.75 Å². The van der Waals surface area contributed by atoms with E-state index in [1.165, 1.54) is 22.8 Å². The first-order chi connectivity index (χ1) is 19.5. The van der Waals surface area contributed by atoms with Crippen LogP contribution in [0.4, 0.5) is 14.5 Å². The lowest BCUT2D eigenvalue weighted by molar-refractivity contribution is 0.0694. The molecule has 0 bridgehead atoms. The normalized spacial score (nSPS) is 17.6. The molecule has 5 nitrogen and oxygen atoms in total. The van der Waals surface area contributed by atoms with Crippen LogP contribution in [0.5, 0.6) is 11.5 Å². The van der Waals surface area contributed by atoms with E-state index in [0.717, 1.165) is 68.8 Å². The van der Waals surface area contributed by atoms with Crippen LogP contribution in [-0.4, -0.2) is 48.7 Å². The van der Waals surface area contributed by atoms with Crippen molar-refractivity contribution in [1.82, 2.24) is 4.90 Å². The van der Waals surface area contributed by atoms with Gasteiger partial charge in [-0.3, -0.25) is 4.90 Å². The third-order valence-corrected chi connectivity index (χ3v) is 8.52. The highest BCUT2D eigenvalue weighted by Crippen LogP contribution is 2.43. The van der Waals surface area contributed by atoms with Gasteiger partial charge in [0.2, 0.25) is 0 Å². The monoisotopic (exact) mass is 600 g/mol. The standard InChI is InChI=1S/C32H32Cl2F2N2O3/c1-32(2)10-9-21(26(18-32)20-3-5-22(33)6-4-20)19-37-11-13-38(14-12-37)24-7-8-25(31(39)40)28(17-24)41-29-16-23(35)15-27(36)30(29)34/h3-8,15-17H,9-14,18-19H2,1-2H3,(H,39,40). The van der Waals surface area contributed by atoms with E-state index >= 15 is 0 Å². The van der Waals surface area contributed by atoms with Crippen LogP contribution >= 0.6 is 23.2 Å². The molecular formula is C32H32Cl2F2N2O3. The molecule has 3 aromatic carbocycles. The van der Waals surface area contributed by atoms with E-state index in [0.29, 0.717) is 6.07 Å². The van der Waals surface area contributed by atoms with Gasteiger partial charge in [0.25, 0.3) is 0 Å². The smallest absolute Gasteiger partial charge is 0.339 e. The Morgan fingerprint density at radius 1 is 0.976 bits per heavy atom. The van der Waals surface area contributed by atoms with Gasteiger partial charge in [-0.05, 0) is 60.1 Å². The Labute approximate surface area is 248 Å². The molecule has 0 saturated carbocycles. The number of rotatable bonds is 7. The van der Waals surface area contributed by atoms with Gasteiger partial charge in [-0.1, -0.05) is 54.8 Å². The predicted octanol–water partition coefficient (Wildman–Crippen LogP) is 8.55. The van der Waals surface area contributed by atoms with Crippen LogP contribution in [0.25, 0.3) is 5.57 Å². The third-order valence-electron chi connectivity index (χ3n) is 7.91. The topological polar surface area (TPSA) is 53.0 Å². The summed E-state index contributed by atoms with van der Waals surface area (Å²) >= 11 is 12.1. The molecule has 0 amide bonds. The average molecular weight is 602 g/mol. The summed E-state index contributed by atoms with van der Waals surface area (Å²) in [7, 11) is 0. The fraction of sp³-hybridized carbons (Fsp3) is 0.344. The molecule has 41 heavy (non-hydrogen) atoms. The molecule has 2 aliphatic rings. The van der Waals surface area contributed by atoms with Gasteiger partial charge in [-0.2, -0.15) is 0 Å². The number of carbonyl (C=O) groups is 1. The second kappa shape index (κ2) is 12.0. The average Bonchev–Trinajstić information content (AvgIpc) is 2.93. The Kier molecular flexibility index (Phi) is 8.60. The summed E-state index contributed by atoms with van der Waals surface area (Å²) in [6, 6.07) is 14.5. The zero-order valence-corrected chi connectivity index (χ0v) is 24.5. The largest absolute Gasteiger partial charge is 0.478 e. The van der Waals surface area contributed by atoms with E-state index in [-0.39, 0.29) is 22.5 Å². The molecule has 1 heterocycles. The Morgan fingerprint density at radius 3 is 2.37 bits per heavy atom. The first-order valence-corrected chi connectivity index (χ1v) is 14.4. The molecule has 3 aromatic rings. The van der Waals surface area contributed by atoms with E-state index in [1.54, 1.807) is 12.1 Å². The molecule has 0 radical (unpaired) electrons. The number of benzene rings is 3. The molecule has 0 atom stereocenters. The van der Waals surface area contributed by atoms with Crippen LogP contribution in [0, 0.1) is 17.0 Å². The number of carboxylic acids is 1. The number of hydrogen-bond donors (Lipinski definition) is 1. The van der Waals surface area contributed by atoms with E-state index in [4.69, 9.17) is 27.9 Å². The molecule has 5 rings (SSSR count). The quantitative estimate of drug-likeness (QED) is 0.275. The number of aromatic carboxylic acids is 1. The van der Waals surface area contributed by atoms with Crippen molar-refractivity contribution in [2.45, 2.75) is 33.1 Å². The van der Waals surface area contributed by atoms with Crippen LogP contribution in [0.2, 0.25) is 10.0 Å².